The second-order valence-corrected chi connectivity index (χ2v) is 5.39. The Hall–Kier alpha value is -2.03. The van der Waals surface area contributed by atoms with Gasteiger partial charge in [-0.25, -0.2) is 4.99 Å². The van der Waals surface area contributed by atoms with Crippen LogP contribution < -0.4 is 16.4 Å². The van der Waals surface area contributed by atoms with Crippen LogP contribution in [0.15, 0.2) is 22.6 Å². The Morgan fingerprint density at radius 3 is 2.50 bits per heavy atom. The van der Waals surface area contributed by atoms with Gasteiger partial charge in [0.05, 0.1) is 11.3 Å². The summed E-state index contributed by atoms with van der Waals surface area (Å²) in [5, 5.41) is 9.42. The molecule has 0 aliphatic carbocycles. The van der Waals surface area contributed by atoms with Gasteiger partial charge in [-0.15, -0.1) is 0 Å². The van der Waals surface area contributed by atoms with Gasteiger partial charge in [-0.1, -0.05) is 0 Å². The Morgan fingerprint density at radius 1 is 1.41 bits per heavy atom. The van der Waals surface area contributed by atoms with Gasteiger partial charge in [0, 0.05) is 25.5 Å². The minimum atomic E-state index is -4.52. The third kappa shape index (κ3) is 2.80. The van der Waals surface area contributed by atoms with Gasteiger partial charge in [0.1, 0.15) is 11.4 Å². The van der Waals surface area contributed by atoms with Crippen molar-refractivity contribution in [2.24, 2.45) is 10.7 Å². The fraction of sp³-hybridized carbons (Fsp3) is 0.538. The van der Waals surface area contributed by atoms with Gasteiger partial charge >= 0.3 is 6.18 Å². The fourth-order valence-electron chi connectivity index (χ4n) is 2.19. The first kappa shape index (κ1) is 16.3. The fourth-order valence-corrected chi connectivity index (χ4v) is 2.19. The second kappa shape index (κ2) is 5.31. The molecule has 1 aliphatic heterocycles. The number of halogens is 3. The summed E-state index contributed by atoms with van der Waals surface area (Å²) in [6.07, 6.45) is -2.09. The maximum atomic E-state index is 12.9. The number of allylic oxidation sites excluding steroid dienone is 1. The van der Waals surface area contributed by atoms with Crippen LogP contribution in [-0.4, -0.2) is 29.2 Å². The van der Waals surface area contributed by atoms with Crippen LogP contribution in [0.25, 0.3) is 0 Å². The summed E-state index contributed by atoms with van der Waals surface area (Å²) in [6.45, 7) is 5.62. The Labute approximate surface area is 126 Å². The zero-order chi connectivity index (χ0) is 16.7. The van der Waals surface area contributed by atoms with Gasteiger partial charge in [0.15, 0.2) is 0 Å². The number of hydrogen-bond acceptors (Lipinski definition) is 5. The lowest BCUT2D eigenvalue weighted by Crippen LogP contribution is -2.54. The molecule has 9 heteroatoms. The van der Waals surface area contributed by atoms with Gasteiger partial charge in [0.25, 0.3) is 0 Å². The number of aliphatic imine (C=N–C) groups is 1. The highest BCUT2D eigenvalue weighted by Crippen LogP contribution is 2.31. The molecule has 6 nitrogen and oxygen atoms in total. The number of nitrogens with one attached hydrogen (secondary N) is 2. The SMILES string of the molecule is CNC1=C(C(F)(F)F)C=NC(N)(c2cn(C(C)C)nc2C)N1. The van der Waals surface area contributed by atoms with E-state index in [2.05, 4.69) is 20.7 Å². The molecule has 1 aromatic heterocycles. The number of aromatic nitrogens is 2. The molecule has 1 aliphatic rings. The molecule has 2 heterocycles. The average molecular weight is 316 g/mol. The van der Waals surface area contributed by atoms with Crippen molar-refractivity contribution in [1.29, 1.82) is 0 Å². The molecular weight excluding hydrogens is 297 g/mol. The first-order valence-corrected chi connectivity index (χ1v) is 6.76. The smallest absolute Gasteiger partial charge is 0.374 e. The van der Waals surface area contributed by atoms with Gasteiger partial charge < -0.3 is 10.6 Å². The van der Waals surface area contributed by atoms with E-state index in [-0.39, 0.29) is 11.9 Å². The third-order valence-electron chi connectivity index (χ3n) is 3.39. The molecule has 2 rings (SSSR count). The van der Waals surface area contributed by atoms with Gasteiger partial charge in [-0.2, -0.15) is 18.3 Å². The zero-order valence-corrected chi connectivity index (χ0v) is 12.8. The Morgan fingerprint density at radius 2 is 2.05 bits per heavy atom. The van der Waals surface area contributed by atoms with Crippen LogP contribution in [0.3, 0.4) is 0 Å². The molecule has 0 amide bonds. The van der Waals surface area contributed by atoms with Gasteiger partial charge in [0.2, 0.25) is 5.79 Å². The minimum absolute atomic E-state index is 0.105. The molecule has 0 bridgehead atoms. The first-order chi connectivity index (χ1) is 10.1. The van der Waals surface area contributed by atoms with E-state index >= 15 is 0 Å². The van der Waals surface area contributed by atoms with Crippen LogP contribution >= 0.6 is 0 Å². The Balaban J connectivity index is 2.43. The van der Waals surface area contributed by atoms with Crippen molar-refractivity contribution in [3.63, 3.8) is 0 Å². The summed E-state index contributed by atoms with van der Waals surface area (Å²) in [5.41, 5.74) is 6.39. The average Bonchev–Trinajstić information content (AvgIpc) is 2.80. The second-order valence-electron chi connectivity index (χ2n) is 5.39. The van der Waals surface area contributed by atoms with Crippen molar-refractivity contribution in [3.05, 3.63) is 28.8 Å². The summed E-state index contributed by atoms with van der Waals surface area (Å²) in [7, 11) is 1.39. The molecule has 0 saturated heterocycles. The highest BCUT2D eigenvalue weighted by molar-refractivity contribution is 5.82. The number of aryl methyl sites for hydroxylation is 1. The molecule has 0 aromatic carbocycles. The predicted octanol–water partition coefficient (Wildman–Crippen LogP) is 1.51. The molecule has 4 N–H and O–H groups in total. The van der Waals surface area contributed by atoms with E-state index in [1.54, 1.807) is 17.8 Å². The molecule has 0 radical (unpaired) electrons. The Bertz CT molecular complexity index is 628. The van der Waals surface area contributed by atoms with Crippen LogP contribution in [0, 0.1) is 6.92 Å². The normalized spacial score (nSPS) is 22.2. The summed E-state index contributed by atoms with van der Waals surface area (Å²) in [4.78, 5) is 3.88. The number of nitrogens with two attached hydrogens (primary N) is 1. The van der Waals surface area contributed by atoms with Crippen LogP contribution in [0.1, 0.15) is 31.1 Å². The van der Waals surface area contributed by atoms with E-state index < -0.39 is 17.5 Å². The van der Waals surface area contributed by atoms with Crippen molar-refractivity contribution in [3.8, 4) is 0 Å². The van der Waals surface area contributed by atoms with E-state index in [1.807, 2.05) is 13.8 Å². The van der Waals surface area contributed by atoms with Crippen molar-refractivity contribution in [1.82, 2.24) is 20.4 Å². The van der Waals surface area contributed by atoms with E-state index in [0.29, 0.717) is 11.3 Å². The topological polar surface area (TPSA) is 80.3 Å². The van der Waals surface area contributed by atoms with Gasteiger partial charge in [-0.3, -0.25) is 10.4 Å². The predicted molar refractivity (Wildman–Crippen MR) is 77.0 cm³/mol. The standard InChI is InChI=1S/C13H19F3N6/c1-7(2)22-6-10(8(3)21-22)13(17)19-5-9(12(14,15)16)11(18-4)20-13/h5-7,18,20H,17H2,1-4H3. The number of alkyl halides is 3. The van der Waals surface area contributed by atoms with E-state index in [4.69, 9.17) is 5.73 Å². The first-order valence-electron chi connectivity index (χ1n) is 6.76. The highest BCUT2D eigenvalue weighted by atomic mass is 19.4. The lowest BCUT2D eigenvalue weighted by Gasteiger charge is -2.33. The summed E-state index contributed by atoms with van der Waals surface area (Å²) < 4.78 is 40.5. The maximum absolute atomic E-state index is 12.9. The zero-order valence-electron chi connectivity index (χ0n) is 12.8. The highest BCUT2D eigenvalue weighted by Gasteiger charge is 2.42. The van der Waals surface area contributed by atoms with Crippen LogP contribution in [0.4, 0.5) is 13.2 Å². The molecule has 0 fully saturated rings. The van der Waals surface area contributed by atoms with E-state index in [0.717, 1.165) is 6.21 Å². The van der Waals surface area contributed by atoms with Crippen LogP contribution in [0.5, 0.6) is 0 Å². The summed E-state index contributed by atoms with van der Waals surface area (Å²) >= 11 is 0. The maximum Gasteiger partial charge on any atom is 0.421 e. The lowest BCUT2D eigenvalue weighted by molar-refractivity contribution is -0.0875. The number of rotatable bonds is 3. The van der Waals surface area contributed by atoms with Crippen LogP contribution in [-0.2, 0) is 5.79 Å². The van der Waals surface area contributed by atoms with Crippen molar-refractivity contribution in [2.75, 3.05) is 7.05 Å². The molecule has 1 unspecified atom stereocenters. The largest absolute Gasteiger partial charge is 0.421 e. The summed E-state index contributed by atoms with van der Waals surface area (Å²) in [6, 6.07) is 0.105. The molecular formula is C13H19F3N6. The molecule has 0 saturated carbocycles. The van der Waals surface area contributed by atoms with E-state index in [9.17, 15) is 13.2 Å². The molecule has 1 atom stereocenters. The monoisotopic (exact) mass is 316 g/mol. The third-order valence-corrected chi connectivity index (χ3v) is 3.39. The lowest BCUT2D eigenvalue weighted by atomic mass is 10.1. The number of nitrogens with zero attached hydrogens (tertiary/aromatic N) is 3. The molecule has 22 heavy (non-hydrogen) atoms. The molecule has 0 spiro atoms. The van der Waals surface area contributed by atoms with Crippen LogP contribution in [0.2, 0.25) is 0 Å². The van der Waals surface area contributed by atoms with Gasteiger partial charge in [-0.05, 0) is 20.8 Å². The Kier molecular flexibility index (Phi) is 3.94. The number of hydrogen-bond donors (Lipinski definition) is 3. The van der Waals surface area contributed by atoms with Crippen molar-refractivity contribution < 1.29 is 13.2 Å². The minimum Gasteiger partial charge on any atom is -0.374 e. The van der Waals surface area contributed by atoms with E-state index in [1.165, 1.54) is 7.05 Å². The molecule has 122 valence electrons. The van der Waals surface area contributed by atoms with Crippen molar-refractivity contribution >= 4 is 6.21 Å². The van der Waals surface area contributed by atoms with Crippen molar-refractivity contribution in [2.45, 2.75) is 38.8 Å². The quantitative estimate of drug-likeness (QED) is 0.790. The molecule has 1 aromatic rings. The summed E-state index contributed by atoms with van der Waals surface area (Å²) in [5.74, 6) is -1.72.